The van der Waals surface area contributed by atoms with E-state index < -0.39 is 17.3 Å². The van der Waals surface area contributed by atoms with Crippen molar-refractivity contribution in [3.8, 4) is 0 Å². The first-order chi connectivity index (χ1) is 14.9. The molecule has 2 aliphatic heterocycles. The molecule has 3 aromatic rings. The van der Waals surface area contributed by atoms with Crippen LogP contribution in [-0.4, -0.2) is 28.2 Å². The SMILES string of the molecule is Cc1cc(C(=O)N2CC[C@]3(C(=O)Nc4ccccc43)[C@@H]2c2ccc(F)cc2)cc(=O)[nH]1. The highest BCUT2D eigenvalue weighted by molar-refractivity contribution is 6.08. The van der Waals surface area contributed by atoms with Crippen LogP contribution in [0.4, 0.5) is 10.1 Å². The second-order valence-electron chi connectivity index (χ2n) is 8.09. The van der Waals surface area contributed by atoms with E-state index >= 15 is 0 Å². The van der Waals surface area contributed by atoms with Crippen LogP contribution in [0.2, 0.25) is 0 Å². The van der Waals surface area contributed by atoms with E-state index in [0.717, 1.165) is 11.3 Å². The molecule has 0 aliphatic carbocycles. The minimum atomic E-state index is -0.986. The van der Waals surface area contributed by atoms with Gasteiger partial charge in [0.1, 0.15) is 11.2 Å². The molecule has 2 N–H and O–H groups in total. The Morgan fingerprint density at radius 3 is 2.58 bits per heavy atom. The number of rotatable bonds is 2. The topological polar surface area (TPSA) is 82.3 Å². The number of benzene rings is 2. The maximum atomic E-state index is 13.7. The lowest BCUT2D eigenvalue weighted by molar-refractivity contribution is -0.121. The molecule has 1 spiro atoms. The third-order valence-corrected chi connectivity index (χ3v) is 6.26. The first kappa shape index (κ1) is 19.2. The van der Waals surface area contributed by atoms with Crippen molar-refractivity contribution in [2.75, 3.05) is 11.9 Å². The smallest absolute Gasteiger partial charge is 0.254 e. The number of likely N-dealkylation sites (tertiary alicyclic amines) is 1. The maximum absolute atomic E-state index is 13.7. The highest BCUT2D eigenvalue weighted by Gasteiger charge is 2.59. The maximum Gasteiger partial charge on any atom is 0.254 e. The molecular weight excluding hydrogens is 397 g/mol. The van der Waals surface area contributed by atoms with Crippen LogP contribution < -0.4 is 10.9 Å². The Balaban J connectivity index is 1.68. The second-order valence-corrected chi connectivity index (χ2v) is 8.09. The number of anilines is 1. The summed E-state index contributed by atoms with van der Waals surface area (Å²) in [5.74, 6) is -0.909. The number of fused-ring (bicyclic) bond motifs is 2. The number of nitrogens with one attached hydrogen (secondary N) is 2. The van der Waals surface area contributed by atoms with Gasteiger partial charge in [0.2, 0.25) is 11.5 Å². The number of halogens is 1. The summed E-state index contributed by atoms with van der Waals surface area (Å²) in [7, 11) is 0. The number of H-pyrrole nitrogens is 1. The number of carbonyl (C=O) groups excluding carboxylic acids is 2. The molecule has 1 fully saturated rings. The lowest BCUT2D eigenvalue weighted by Crippen LogP contribution is -2.42. The van der Waals surface area contributed by atoms with Crippen molar-refractivity contribution in [2.24, 2.45) is 0 Å². The molecule has 5 rings (SSSR count). The van der Waals surface area contributed by atoms with E-state index in [1.54, 1.807) is 30.0 Å². The van der Waals surface area contributed by atoms with Crippen molar-refractivity contribution in [3.63, 3.8) is 0 Å². The number of hydrogen-bond acceptors (Lipinski definition) is 3. The van der Waals surface area contributed by atoms with Gasteiger partial charge in [-0.3, -0.25) is 14.4 Å². The summed E-state index contributed by atoms with van der Waals surface area (Å²) in [4.78, 5) is 43.1. The van der Waals surface area contributed by atoms with Crippen molar-refractivity contribution >= 4 is 17.5 Å². The number of amides is 2. The first-order valence-electron chi connectivity index (χ1n) is 10.1. The van der Waals surface area contributed by atoms with Crippen molar-refractivity contribution in [1.29, 1.82) is 0 Å². The van der Waals surface area contributed by atoms with Gasteiger partial charge in [-0.05, 0) is 48.7 Å². The van der Waals surface area contributed by atoms with Crippen LogP contribution in [0.5, 0.6) is 0 Å². The van der Waals surface area contributed by atoms with Crippen molar-refractivity contribution in [2.45, 2.75) is 24.8 Å². The summed E-state index contributed by atoms with van der Waals surface area (Å²) in [6, 6.07) is 15.6. The van der Waals surface area contributed by atoms with Crippen LogP contribution in [0.3, 0.4) is 0 Å². The minimum Gasteiger partial charge on any atom is -0.330 e. The molecular formula is C24H20FN3O3. The molecule has 156 valence electrons. The summed E-state index contributed by atoms with van der Waals surface area (Å²) in [6.45, 7) is 2.04. The Hall–Kier alpha value is -3.74. The van der Waals surface area contributed by atoms with Crippen LogP contribution >= 0.6 is 0 Å². The van der Waals surface area contributed by atoms with Gasteiger partial charge in [0, 0.05) is 29.6 Å². The van der Waals surface area contributed by atoms with Crippen LogP contribution in [0.25, 0.3) is 0 Å². The molecule has 1 saturated heterocycles. The Kier molecular flexibility index (Phi) is 4.28. The third kappa shape index (κ3) is 2.88. The number of hydrogen-bond donors (Lipinski definition) is 2. The Morgan fingerprint density at radius 1 is 1.10 bits per heavy atom. The fourth-order valence-electron chi connectivity index (χ4n) is 4.99. The van der Waals surface area contributed by atoms with Crippen molar-refractivity contribution in [3.05, 3.63) is 99.2 Å². The fraction of sp³-hybridized carbons (Fsp3) is 0.208. The van der Waals surface area contributed by atoms with E-state index in [2.05, 4.69) is 10.3 Å². The molecule has 31 heavy (non-hydrogen) atoms. The third-order valence-electron chi connectivity index (χ3n) is 6.26. The summed E-state index contributed by atoms with van der Waals surface area (Å²) >= 11 is 0. The average Bonchev–Trinajstić information content (AvgIpc) is 3.27. The van der Waals surface area contributed by atoms with Gasteiger partial charge in [0.15, 0.2) is 0 Å². The number of aromatic nitrogens is 1. The first-order valence-corrected chi connectivity index (χ1v) is 10.1. The summed E-state index contributed by atoms with van der Waals surface area (Å²) in [5, 5.41) is 2.95. The fourth-order valence-corrected chi connectivity index (χ4v) is 4.99. The Labute approximate surface area is 177 Å². The number of para-hydroxylation sites is 1. The molecule has 2 amide bonds. The number of aryl methyl sites for hydroxylation is 1. The molecule has 0 saturated carbocycles. The van der Waals surface area contributed by atoms with Gasteiger partial charge < -0.3 is 15.2 Å². The van der Waals surface area contributed by atoms with Crippen LogP contribution in [0, 0.1) is 12.7 Å². The highest BCUT2D eigenvalue weighted by atomic mass is 19.1. The second kappa shape index (κ2) is 6.91. The average molecular weight is 417 g/mol. The van der Waals surface area contributed by atoms with Gasteiger partial charge in [0.05, 0.1) is 6.04 Å². The van der Waals surface area contributed by atoms with E-state index in [0.29, 0.717) is 24.2 Å². The lowest BCUT2D eigenvalue weighted by Gasteiger charge is -2.34. The van der Waals surface area contributed by atoms with Gasteiger partial charge in [-0.15, -0.1) is 0 Å². The number of nitrogens with zero attached hydrogens (tertiary/aromatic N) is 1. The van der Waals surface area contributed by atoms with E-state index in [4.69, 9.17) is 0 Å². The predicted octanol–water partition coefficient (Wildman–Crippen LogP) is 3.30. The zero-order valence-corrected chi connectivity index (χ0v) is 16.8. The summed E-state index contributed by atoms with van der Waals surface area (Å²) in [5.41, 5.74) is 1.71. The van der Waals surface area contributed by atoms with Crippen LogP contribution in [0.1, 0.15) is 39.6 Å². The predicted molar refractivity (Wildman–Crippen MR) is 113 cm³/mol. The van der Waals surface area contributed by atoms with Gasteiger partial charge in [-0.1, -0.05) is 30.3 Å². The number of aromatic amines is 1. The van der Waals surface area contributed by atoms with Gasteiger partial charge in [0.25, 0.3) is 5.91 Å². The standard InChI is InChI=1S/C24H20FN3O3/c1-14-12-16(13-20(29)26-14)22(30)28-11-10-24(21(28)15-6-8-17(25)9-7-15)18-4-2-3-5-19(18)27-23(24)31/h2-9,12-13,21H,10-11H2,1H3,(H,26,29)(H,27,31)/t21-,24+/m0/s1. The molecule has 2 aromatic carbocycles. The van der Waals surface area contributed by atoms with Crippen LogP contribution in [0.15, 0.2) is 65.5 Å². The van der Waals surface area contributed by atoms with Crippen molar-refractivity contribution < 1.29 is 14.0 Å². The molecule has 0 radical (unpaired) electrons. The monoisotopic (exact) mass is 417 g/mol. The number of carbonyl (C=O) groups is 2. The van der Waals surface area contributed by atoms with E-state index in [-0.39, 0.29) is 22.9 Å². The summed E-state index contributed by atoms with van der Waals surface area (Å²) in [6.07, 6.45) is 0.422. The van der Waals surface area contributed by atoms with E-state index in [9.17, 15) is 18.8 Å². The van der Waals surface area contributed by atoms with Crippen LogP contribution in [-0.2, 0) is 10.2 Å². The summed E-state index contributed by atoms with van der Waals surface area (Å²) < 4.78 is 13.7. The van der Waals surface area contributed by atoms with Crippen molar-refractivity contribution in [1.82, 2.24) is 9.88 Å². The van der Waals surface area contributed by atoms with Gasteiger partial charge in [-0.2, -0.15) is 0 Å². The molecule has 6 nitrogen and oxygen atoms in total. The molecule has 1 aromatic heterocycles. The zero-order chi connectivity index (χ0) is 21.8. The molecule has 0 bridgehead atoms. The minimum absolute atomic E-state index is 0.180. The Morgan fingerprint density at radius 2 is 1.84 bits per heavy atom. The number of pyridine rings is 1. The van der Waals surface area contributed by atoms with Gasteiger partial charge >= 0.3 is 0 Å². The quantitative estimate of drug-likeness (QED) is 0.671. The molecule has 2 aliphatic rings. The largest absolute Gasteiger partial charge is 0.330 e. The highest BCUT2D eigenvalue weighted by Crippen LogP contribution is 2.54. The van der Waals surface area contributed by atoms with E-state index in [1.165, 1.54) is 18.2 Å². The molecule has 7 heteroatoms. The normalized spacial score (nSPS) is 21.9. The Bertz CT molecular complexity index is 1270. The molecule has 2 atom stereocenters. The molecule has 0 unspecified atom stereocenters. The van der Waals surface area contributed by atoms with Gasteiger partial charge in [-0.25, -0.2) is 4.39 Å². The zero-order valence-electron chi connectivity index (χ0n) is 16.8. The lowest BCUT2D eigenvalue weighted by atomic mass is 9.72. The van der Waals surface area contributed by atoms with E-state index in [1.807, 2.05) is 24.3 Å². The molecule has 3 heterocycles.